The minimum absolute atomic E-state index is 0.117. The van der Waals surface area contributed by atoms with Gasteiger partial charge in [0.15, 0.2) is 0 Å². The lowest BCUT2D eigenvalue weighted by atomic mass is 10.00. The minimum atomic E-state index is 0.117. The lowest BCUT2D eigenvalue weighted by molar-refractivity contribution is 0.414. The molecule has 96 valence electrons. The average molecular weight is 318 g/mol. The van der Waals surface area contributed by atoms with E-state index in [9.17, 15) is 5.11 Å². The third kappa shape index (κ3) is 2.72. The van der Waals surface area contributed by atoms with Gasteiger partial charge in [-0.15, -0.1) is 0 Å². The van der Waals surface area contributed by atoms with Crippen molar-refractivity contribution in [3.05, 3.63) is 45.9 Å². The molecule has 0 aliphatic rings. The summed E-state index contributed by atoms with van der Waals surface area (Å²) in [6.45, 7) is 1.95. The van der Waals surface area contributed by atoms with E-state index in [0.717, 1.165) is 11.1 Å². The first kappa shape index (κ1) is 13.4. The fourth-order valence-electron chi connectivity index (χ4n) is 1.90. The number of hydrogen-bond acceptors (Lipinski definition) is 3. The topological polar surface area (TPSA) is 53.2 Å². The summed E-state index contributed by atoms with van der Waals surface area (Å²) in [7, 11) is 1.60. The van der Waals surface area contributed by atoms with Crippen molar-refractivity contribution in [1.82, 2.24) is 0 Å². The van der Waals surface area contributed by atoms with Gasteiger partial charge in [-0.05, 0) is 58.2 Å². The smallest absolute Gasteiger partial charge is 0.137 e. The fraction of sp³-hybridized carbons (Fsp3) is 0.133. The highest BCUT2D eigenvalue weighted by atomic mass is 79.9. The SMILES string of the molecule is COc1cc(C)cc(-c2cc(C#N)cc(Br)c2O)c1. The summed E-state index contributed by atoms with van der Waals surface area (Å²) in [5.41, 5.74) is 2.92. The van der Waals surface area contributed by atoms with Gasteiger partial charge in [0.05, 0.1) is 23.2 Å². The third-order valence-corrected chi connectivity index (χ3v) is 3.39. The van der Waals surface area contributed by atoms with Crippen molar-refractivity contribution in [1.29, 1.82) is 5.26 Å². The molecule has 0 aliphatic carbocycles. The van der Waals surface area contributed by atoms with Gasteiger partial charge in [-0.2, -0.15) is 5.26 Å². The van der Waals surface area contributed by atoms with Gasteiger partial charge in [-0.25, -0.2) is 0 Å². The molecule has 2 aromatic rings. The number of aryl methyl sites for hydroxylation is 1. The summed E-state index contributed by atoms with van der Waals surface area (Å²) in [4.78, 5) is 0. The third-order valence-electron chi connectivity index (χ3n) is 2.79. The van der Waals surface area contributed by atoms with Crippen LogP contribution in [0.2, 0.25) is 0 Å². The van der Waals surface area contributed by atoms with Crippen LogP contribution in [-0.4, -0.2) is 12.2 Å². The normalized spacial score (nSPS) is 10.0. The van der Waals surface area contributed by atoms with Crippen molar-refractivity contribution >= 4 is 15.9 Å². The first-order chi connectivity index (χ1) is 9.05. The maximum absolute atomic E-state index is 10.1. The van der Waals surface area contributed by atoms with Crippen LogP contribution < -0.4 is 4.74 Å². The molecule has 0 spiro atoms. The zero-order valence-corrected chi connectivity index (χ0v) is 12.2. The molecule has 0 atom stereocenters. The number of phenolic OH excluding ortho intramolecular Hbond substituents is 1. The van der Waals surface area contributed by atoms with Gasteiger partial charge in [-0.1, -0.05) is 6.07 Å². The second kappa shape index (κ2) is 5.33. The zero-order valence-electron chi connectivity index (χ0n) is 10.6. The Labute approximate surface area is 120 Å². The number of rotatable bonds is 2. The number of halogens is 1. The van der Waals surface area contributed by atoms with Crippen LogP contribution in [0.25, 0.3) is 11.1 Å². The van der Waals surface area contributed by atoms with Gasteiger partial charge in [0.2, 0.25) is 0 Å². The summed E-state index contributed by atoms with van der Waals surface area (Å²) < 4.78 is 5.73. The van der Waals surface area contributed by atoms with E-state index in [4.69, 9.17) is 10.00 Å². The predicted molar refractivity (Wildman–Crippen MR) is 77.2 cm³/mol. The van der Waals surface area contributed by atoms with Crippen LogP contribution in [0.1, 0.15) is 11.1 Å². The molecule has 2 aromatic carbocycles. The lowest BCUT2D eigenvalue weighted by Gasteiger charge is -2.10. The molecule has 0 amide bonds. The summed E-state index contributed by atoms with van der Waals surface area (Å²) in [6, 6.07) is 11.0. The van der Waals surface area contributed by atoms with Gasteiger partial charge < -0.3 is 9.84 Å². The number of methoxy groups -OCH3 is 1. The number of hydrogen-bond donors (Lipinski definition) is 1. The molecule has 3 nitrogen and oxygen atoms in total. The van der Waals surface area contributed by atoms with E-state index in [2.05, 4.69) is 22.0 Å². The summed E-state index contributed by atoms with van der Waals surface area (Å²) in [5, 5.41) is 19.1. The first-order valence-corrected chi connectivity index (χ1v) is 6.43. The number of nitriles is 1. The average Bonchev–Trinajstić information content (AvgIpc) is 2.40. The van der Waals surface area contributed by atoms with Gasteiger partial charge >= 0.3 is 0 Å². The number of aromatic hydroxyl groups is 1. The molecular formula is C15H12BrNO2. The molecule has 0 fully saturated rings. The largest absolute Gasteiger partial charge is 0.506 e. The monoisotopic (exact) mass is 317 g/mol. The van der Waals surface area contributed by atoms with Gasteiger partial charge in [0.1, 0.15) is 11.5 Å². The fourth-order valence-corrected chi connectivity index (χ4v) is 2.37. The van der Waals surface area contributed by atoms with E-state index in [1.807, 2.05) is 25.1 Å². The second-order valence-electron chi connectivity index (χ2n) is 4.20. The Kier molecular flexibility index (Phi) is 3.77. The van der Waals surface area contributed by atoms with Crippen molar-refractivity contribution in [3.8, 4) is 28.7 Å². The van der Waals surface area contributed by atoms with E-state index < -0.39 is 0 Å². The molecule has 4 heteroatoms. The van der Waals surface area contributed by atoms with E-state index in [1.54, 1.807) is 19.2 Å². The molecule has 0 aromatic heterocycles. The molecule has 0 unspecified atom stereocenters. The molecule has 0 saturated carbocycles. The highest BCUT2D eigenvalue weighted by molar-refractivity contribution is 9.10. The summed E-state index contributed by atoms with van der Waals surface area (Å²) in [5.74, 6) is 0.833. The molecule has 1 N–H and O–H groups in total. The van der Waals surface area contributed by atoms with Crippen molar-refractivity contribution in [2.75, 3.05) is 7.11 Å². The van der Waals surface area contributed by atoms with Gasteiger partial charge in [-0.3, -0.25) is 0 Å². The van der Waals surface area contributed by atoms with Crippen molar-refractivity contribution < 1.29 is 9.84 Å². The van der Waals surface area contributed by atoms with Crippen LogP contribution in [0.4, 0.5) is 0 Å². The highest BCUT2D eigenvalue weighted by Crippen LogP contribution is 2.38. The molecule has 0 aliphatic heterocycles. The molecular weight excluding hydrogens is 306 g/mol. The van der Waals surface area contributed by atoms with E-state index in [0.29, 0.717) is 21.3 Å². The molecule has 0 bridgehead atoms. The zero-order chi connectivity index (χ0) is 14.0. The molecule has 19 heavy (non-hydrogen) atoms. The molecule has 0 heterocycles. The Morgan fingerprint density at radius 2 is 1.95 bits per heavy atom. The number of ether oxygens (including phenoxy) is 1. The van der Waals surface area contributed by atoms with Crippen LogP contribution in [0.5, 0.6) is 11.5 Å². The van der Waals surface area contributed by atoms with Crippen LogP contribution in [0.3, 0.4) is 0 Å². The Balaban J connectivity index is 2.68. The quantitative estimate of drug-likeness (QED) is 0.910. The summed E-state index contributed by atoms with van der Waals surface area (Å²) >= 11 is 3.26. The number of nitrogens with zero attached hydrogens (tertiary/aromatic N) is 1. The predicted octanol–water partition coefficient (Wildman–Crippen LogP) is 4.01. The first-order valence-electron chi connectivity index (χ1n) is 5.64. The summed E-state index contributed by atoms with van der Waals surface area (Å²) in [6.07, 6.45) is 0. The van der Waals surface area contributed by atoms with Gasteiger partial charge in [0, 0.05) is 5.56 Å². The minimum Gasteiger partial charge on any atom is -0.506 e. The maximum atomic E-state index is 10.1. The highest BCUT2D eigenvalue weighted by Gasteiger charge is 2.11. The second-order valence-corrected chi connectivity index (χ2v) is 5.06. The van der Waals surface area contributed by atoms with Crippen molar-refractivity contribution in [3.63, 3.8) is 0 Å². The van der Waals surface area contributed by atoms with Crippen LogP contribution >= 0.6 is 15.9 Å². The Morgan fingerprint density at radius 1 is 1.21 bits per heavy atom. The Bertz CT molecular complexity index is 675. The Hall–Kier alpha value is -1.99. The van der Waals surface area contributed by atoms with E-state index >= 15 is 0 Å². The maximum Gasteiger partial charge on any atom is 0.137 e. The molecule has 0 radical (unpaired) electrons. The van der Waals surface area contributed by atoms with Crippen LogP contribution in [0.15, 0.2) is 34.8 Å². The molecule has 2 rings (SSSR count). The molecule has 0 saturated heterocycles. The van der Waals surface area contributed by atoms with Crippen LogP contribution in [0, 0.1) is 18.3 Å². The Morgan fingerprint density at radius 3 is 2.58 bits per heavy atom. The lowest BCUT2D eigenvalue weighted by Crippen LogP contribution is -1.88. The van der Waals surface area contributed by atoms with Crippen molar-refractivity contribution in [2.24, 2.45) is 0 Å². The number of phenols is 1. The van der Waals surface area contributed by atoms with Gasteiger partial charge in [0.25, 0.3) is 0 Å². The number of benzene rings is 2. The standard InChI is InChI=1S/C15H12BrNO2/c1-9-3-11(7-12(4-9)19-2)13-5-10(8-17)6-14(16)15(13)18/h3-7,18H,1-2H3. The van der Waals surface area contributed by atoms with Crippen LogP contribution in [-0.2, 0) is 0 Å². The van der Waals surface area contributed by atoms with E-state index in [-0.39, 0.29) is 5.75 Å². The van der Waals surface area contributed by atoms with E-state index in [1.165, 1.54) is 0 Å². The van der Waals surface area contributed by atoms with Crippen molar-refractivity contribution in [2.45, 2.75) is 6.92 Å².